The van der Waals surface area contributed by atoms with Crippen LogP contribution in [0.2, 0.25) is 0 Å². The predicted octanol–water partition coefficient (Wildman–Crippen LogP) is -0.764. The number of carboxylic acids is 2. The number of carboxylic acid groups (broad SMARTS) is 2. The van der Waals surface area contributed by atoms with Gasteiger partial charge < -0.3 is 36.5 Å². The van der Waals surface area contributed by atoms with E-state index >= 15 is 0 Å². The molecule has 1 aliphatic rings. The van der Waals surface area contributed by atoms with Gasteiger partial charge in [-0.25, -0.2) is 9.78 Å². The molecular weight excluding hydrogens is 460 g/mol. The van der Waals surface area contributed by atoms with Gasteiger partial charge in [-0.3, -0.25) is 19.2 Å². The highest BCUT2D eigenvalue weighted by atomic mass is 16.4. The number of carbonyl (C=O) groups is 5. The molecule has 0 spiro atoms. The number of carbonyl (C=O) groups excluding carboxylic acids is 3. The molecule has 5 unspecified atom stereocenters. The number of nitrogens with two attached hydrogens (primary N) is 1. The molecule has 1 aliphatic heterocycles. The summed E-state index contributed by atoms with van der Waals surface area (Å²) in [5.74, 6) is -4.54. The van der Waals surface area contributed by atoms with Crippen LogP contribution in [0.4, 0.5) is 0 Å². The minimum absolute atomic E-state index is 0.231. The van der Waals surface area contributed by atoms with Gasteiger partial charge in [0.05, 0.1) is 12.4 Å². The number of imidazole rings is 1. The van der Waals surface area contributed by atoms with Crippen molar-refractivity contribution in [3.8, 4) is 0 Å². The van der Waals surface area contributed by atoms with Crippen LogP contribution < -0.4 is 16.4 Å². The minimum atomic E-state index is -1.41. The molecule has 5 atom stereocenters. The molecule has 2 heterocycles. The first kappa shape index (κ1) is 27.8. The summed E-state index contributed by atoms with van der Waals surface area (Å²) < 4.78 is 0. The van der Waals surface area contributed by atoms with Crippen molar-refractivity contribution in [1.29, 1.82) is 0 Å². The van der Waals surface area contributed by atoms with Gasteiger partial charge in [0.25, 0.3) is 0 Å². The molecule has 2 rings (SSSR count). The van der Waals surface area contributed by atoms with Crippen LogP contribution in [-0.2, 0) is 30.4 Å². The summed E-state index contributed by atoms with van der Waals surface area (Å²) in [4.78, 5) is 69.5. The number of amides is 3. The Labute approximate surface area is 202 Å². The van der Waals surface area contributed by atoms with Crippen molar-refractivity contribution in [1.82, 2.24) is 25.5 Å². The van der Waals surface area contributed by atoms with E-state index in [4.69, 9.17) is 10.8 Å². The van der Waals surface area contributed by atoms with Gasteiger partial charge in [-0.15, -0.1) is 0 Å². The maximum absolute atomic E-state index is 13.1. The topological polar surface area (TPSA) is 208 Å². The van der Waals surface area contributed by atoms with Gasteiger partial charge in [-0.2, -0.15) is 0 Å². The number of hydrogen-bond donors (Lipinski definition) is 6. The molecule has 0 radical (unpaired) electrons. The van der Waals surface area contributed by atoms with Gasteiger partial charge in [-0.1, -0.05) is 20.3 Å². The van der Waals surface area contributed by atoms with Crippen molar-refractivity contribution >= 4 is 29.7 Å². The zero-order valence-electron chi connectivity index (χ0n) is 19.9. The highest BCUT2D eigenvalue weighted by Crippen LogP contribution is 2.20. The van der Waals surface area contributed by atoms with Crippen molar-refractivity contribution in [2.24, 2.45) is 11.7 Å². The zero-order valence-corrected chi connectivity index (χ0v) is 19.9. The van der Waals surface area contributed by atoms with Crippen molar-refractivity contribution < 1.29 is 34.2 Å². The van der Waals surface area contributed by atoms with Gasteiger partial charge in [0, 0.05) is 31.3 Å². The van der Waals surface area contributed by atoms with Gasteiger partial charge in [-0.05, 0) is 25.2 Å². The molecule has 1 aromatic rings. The summed E-state index contributed by atoms with van der Waals surface area (Å²) in [7, 11) is 0. The summed E-state index contributed by atoms with van der Waals surface area (Å²) in [5, 5.41) is 23.2. The summed E-state index contributed by atoms with van der Waals surface area (Å²) in [6.07, 6.45) is 4.05. The number of rotatable bonds is 13. The first-order valence-corrected chi connectivity index (χ1v) is 11.6. The molecule has 3 amide bonds. The van der Waals surface area contributed by atoms with Crippen molar-refractivity contribution in [3.63, 3.8) is 0 Å². The average molecular weight is 495 g/mol. The van der Waals surface area contributed by atoms with E-state index in [2.05, 4.69) is 20.6 Å². The summed E-state index contributed by atoms with van der Waals surface area (Å²) >= 11 is 0. The number of H-pyrrole nitrogens is 1. The fourth-order valence-electron chi connectivity index (χ4n) is 3.97. The van der Waals surface area contributed by atoms with E-state index in [-0.39, 0.29) is 24.7 Å². The standard InChI is InChI=1S/C22H34N6O7/c1-3-12(2)18(20(32)26-15(22(34)35)6-7-17(29)30)27-19(31)16-5-4-8-28(16)21(33)14(23)9-13-10-24-11-25-13/h10-12,14-16,18H,3-9,23H2,1-2H3,(H,24,25)(H,26,32)(H,27,31)(H,29,30)(H,34,35). The van der Waals surface area contributed by atoms with Crippen LogP contribution in [0.3, 0.4) is 0 Å². The number of aromatic amines is 1. The molecule has 194 valence electrons. The van der Waals surface area contributed by atoms with Crippen LogP contribution in [0, 0.1) is 5.92 Å². The zero-order chi connectivity index (χ0) is 26.1. The maximum atomic E-state index is 13.1. The van der Waals surface area contributed by atoms with E-state index in [1.807, 2.05) is 6.92 Å². The van der Waals surface area contributed by atoms with Crippen LogP contribution in [0.5, 0.6) is 0 Å². The van der Waals surface area contributed by atoms with Gasteiger partial charge in [0.2, 0.25) is 17.7 Å². The van der Waals surface area contributed by atoms with E-state index in [1.54, 1.807) is 13.1 Å². The smallest absolute Gasteiger partial charge is 0.326 e. The molecule has 35 heavy (non-hydrogen) atoms. The van der Waals surface area contributed by atoms with Crippen molar-refractivity contribution in [2.75, 3.05) is 6.54 Å². The van der Waals surface area contributed by atoms with Crippen LogP contribution in [0.15, 0.2) is 12.5 Å². The largest absolute Gasteiger partial charge is 0.481 e. The fraction of sp³-hybridized carbons (Fsp3) is 0.636. The molecule has 1 aromatic heterocycles. The molecule has 0 aromatic carbocycles. The molecule has 13 nitrogen and oxygen atoms in total. The number of aromatic nitrogens is 2. The highest BCUT2D eigenvalue weighted by Gasteiger charge is 2.39. The normalized spacial score (nSPS) is 18.8. The number of nitrogens with one attached hydrogen (secondary N) is 3. The maximum Gasteiger partial charge on any atom is 0.326 e. The van der Waals surface area contributed by atoms with Crippen LogP contribution in [0.25, 0.3) is 0 Å². The SMILES string of the molecule is CCC(C)C(NC(=O)C1CCCN1C(=O)C(N)Cc1cnc[nH]1)C(=O)NC(CCC(=O)O)C(=O)O. The summed E-state index contributed by atoms with van der Waals surface area (Å²) in [5.41, 5.74) is 6.76. The second-order valence-electron chi connectivity index (χ2n) is 8.78. The van der Waals surface area contributed by atoms with Gasteiger partial charge in [0.1, 0.15) is 18.1 Å². The molecule has 1 saturated heterocycles. The molecule has 0 bridgehead atoms. The molecule has 1 fully saturated rings. The third-order valence-electron chi connectivity index (χ3n) is 6.21. The Morgan fingerprint density at radius 3 is 2.54 bits per heavy atom. The van der Waals surface area contributed by atoms with Gasteiger partial charge in [0.15, 0.2) is 0 Å². The van der Waals surface area contributed by atoms with E-state index in [0.717, 1.165) is 0 Å². The van der Waals surface area contributed by atoms with Crippen molar-refractivity contribution in [3.05, 3.63) is 18.2 Å². The Morgan fingerprint density at radius 1 is 1.26 bits per heavy atom. The van der Waals surface area contributed by atoms with Crippen LogP contribution >= 0.6 is 0 Å². The highest BCUT2D eigenvalue weighted by molar-refractivity contribution is 5.94. The molecule has 13 heteroatoms. The number of nitrogens with zero attached hydrogens (tertiary/aromatic N) is 2. The number of aliphatic carboxylic acids is 2. The molecular formula is C22H34N6O7. The van der Waals surface area contributed by atoms with Gasteiger partial charge >= 0.3 is 11.9 Å². The first-order chi connectivity index (χ1) is 16.5. The van der Waals surface area contributed by atoms with Crippen LogP contribution in [0.1, 0.15) is 51.6 Å². The Kier molecular flexibility index (Phi) is 10.2. The number of hydrogen-bond acceptors (Lipinski definition) is 7. The van der Waals surface area contributed by atoms with E-state index in [1.165, 1.54) is 11.2 Å². The summed E-state index contributed by atoms with van der Waals surface area (Å²) in [6, 6.07) is -4.15. The van der Waals surface area contributed by atoms with Crippen LogP contribution in [-0.4, -0.2) is 85.5 Å². The lowest BCUT2D eigenvalue weighted by Gasteiger charge is -2.30. The Bertz CT molecular complexity index is 906. The quantitative estimate of drug-likeness (QED) is 0.203. The first-order valence-electron chi connectivity index (χ1n) is 11.6. The monoisotopic (exact) mass is 494 g/mol. The Balaban J connectivity index is 2.08. The van der Waals surface area contributed by atoms with E-state index in [9.17, 15) is 29.1 Å². The second kappa shape index (κ2) is 12.8. The van der Waals surface area contributed by atoms with E-state index in [0.29, 0.717) is 31.5 Å². The lowest BCUT2D eigenvalue weighted by Crippen LogP contribution is -2.58. The third-order valence-corrected chi connectivity index (χ3v) is 6.21. The van der Waals surface area contributed by atoms with E-state index < -0.39 is 54.3 Å². The fourth-order valence-corrected chi connectivity index (χ4v) is 3.97. The minimum Gasteiger partial charge on any atom is -0.481 e. The molecule has 0 saturated carbocycles. The lowest BCUT2D eigenvalue weighted by molar-refractivity contribution is -0.144. The predicted molar refractivity (Wildman–Crippen MR) is 123 cm³/mol. The lowest BCUT2D eigenvalue weighted by atomic mass is 9.97. The second-order valence-corrected chi connectivity index (χ2v) is 8.78. The number of likely N-dealkylation sites (tertiary alicyclic amines) is 1. The summed E-state index contributed by atoms with van der Waals surface area (Å²) in [6.45, 7) is 3.90. The molecule has 7 N–H and O–H groups in total. The van der Waals surface area contributed by atoms with Crippen molar-refractivity contribution in [2.45, 2.75) is 76.5 Å². The molecule has 0 aliphatic carbocycles. The third kappa shape index (κ3) is 7.77. The Morgan fingerprint density at radius 2 is 1.97 bits per heavy atom. The average Bonchev–Trinajstić information content (AvgIpc) is 3.50. The Hall–Kier alpha value is -3.48.